The van der Waals surface area contributed by atoms with Gasteiger partial charge in [0.25, 0.3) is 0 Å². The minimum absolute atomic E-state index is 0. The van der Waals surface area contributed by atoms with Crippen molar-refractivity contribution in [1.29, 1.82) is 0 Å². The van der Waals surface area contributed by atoms with Gasteiger partial charge in [-0.25, -0.2) is 4.98 Å². The lowest BCUT2D eigenvalue weighted by Crippen LogP contribution is -2.27. The van der Waals surface area contributed by atoms with Crippen LogP contribution in [-0.2, 0) is 13.1 Å². The second-order valence-corrected chi connectivity index (χ2v) is 2.67. The van der Waals surface area contributed by atoms with Gasteiger partial charge in [0, 0.05) is 19.3 Å². The Labute approximate surface area is 72.2 Å². The quantitative estimate of drug-likeness (QED) is 0.627. The maximum absolute atomic E-state index is 4.35. The smallest absolute Gasteiger partial charge is 0.123 e. The van der Waals surface area contributed by atoms with Crippen LogP contribution in [0.3, 0.4) is 0 Å². The maximum Gasteiger partial charge on any atom is 0.123 e. The van der Waals surface area contributed by atoms with Crippen LogP contribution in [0.25, 0.3) is 0 Å². The van der Waals surface area contributed by atoms with E-state index in [0.717, 1.165) is 25.3 Å². The van der Waals surface area contributed by atoms with E-state index >= 15 is 0 Å². The van der Waals surface area contributed by atoms with E-state index in [9.17, 15) is 0 Å². The molecule has 0 fully saturated rings. The van der Waals surface area contributed by atoms with E-state index in [1.54, 1.807) is 0 Å². The summed E-state index contributed by atoms with van der Waals surface area (Å²) in [4.78, 5) is 4.35. The summed E-state index contributed by atoms with van der Waals surface area (Å²) in [6.07, 6.45) is 2.11. The van der Waals surface area contributed by atoms with Crippen molar-refractivity contribution in [3.05, 3.63) is 17.7 Å². The third kappa shape index (κ3) is 1.54. The van der Waals surface area contributed by atoms with Gasteiger partial charge in [-0.1, -0.05) is 0 Å². The number of fused-ring (bicyclic) bond motifs is 1. The predicted molar refractivity (Wildman–Crippen MR) is 45.9 cm³/mol. The number of nitrogens with one attached hydrogen (secondary N) is 1. The SMILES string of the molecule is Cc1cn2c(n1)CNCC2.Cl. The molecule has 0 bridgehead atoms. The van der Waals surface area contributed by atoms with Crippen LogP contribution in [0.2, 0.25) is 0 Å². The molecule has 11 heavy (non-hydrogen) atoms. The van der Waals surface area contributed by atoms with Crippen LogP contribution < -0.4 is 5.32 Å². The van der Waals surface area contributed by atoms with Gasteiger partial charge in [0.2, 0.25) is 0 Å². The number of hydrogen-bond acceptors (Lipinski definition) is 2. The number of halogens is 1. The molecule has 0 atom stereocenters. The minimum atomic E-state index is 0. The monoisotopic (exact) mass is 173 g/mol. The average Bonchev–Trinajstić information content (AvgIpc) is 2.27. The second kappa shape index (κ2) is 3.24. The molecule has 0 amide bonds. The predicted octanol–water partition coefficient (Wildman–Crippen LogP) is 0.717. The van der Waals surface area contributed by atoms with Gasteiger partial charge < -0.3 is 9.88 Å². The molecule has 62 valence electrons. The Morgan fingerprint density at radius 1 is 1.64 bits per heavy atom. The van der Waals surface area contributed by atoms with Gasteiger partial charge in [-0.2, -0.15) is 0 Å². The molecule has 1 aromatic rings. The third-order valence-electron chi connectivity index (χ3n) is 1.79. The summed E-state index contributed by atoms with van der Waals surface area (Å²) < 4.78 is 2.21. The zero-order chi connectivity index (χ0) is 6.97. The lowest BCUT2D eigenvalue weighted by Gasteiger charge is -2.13. The summed E-state index contributed by atoms with van der Waals surface area (Å²) in [5.41, 5.74) is 1.12. The summed E-state index contributed by atoms with van der Waals surface area (Å²) in [7, 11) is 0. The fraction of sp³-hybridized carbons (Fsp3) is 0.571. The van der Waals surface area contributed by atoms with Crippen LogP contribution in [0, 0.1) is 6.92 Å². The molecule has 2 heterocycles. The van der Waals surface area contributed by atoms with Crippen LogP contribution in [0.1, 0.15) is 11.5 Å². The van der Waals surface area contributed by atoms with Gasteiger partial charge in [-0.05, 0) is 6.92 Å². The molecular formula is C7H12ClN3. The molecule has 1 aromatic heterocycles. The van der Waals surface area contributed by atoms with E-state index in [1.807, 2.05) is 6.92 Å². The van der Waals surface area contributed by atoms with Crippen molar-refractivity contribution in [2.45, 2.75) is 20.0 Å². The van der Waals surface area contributed by atoms with E-state index in [2.05, 4.69) is 21.1 Å². The van der Waals surface area contributed by atoms with Crippen molar-refractivity contribution in [1.82, 2.24) is 14.9 Å². The number of aromatic nitrogens is 2. The summed E-state index contributed by atoms with van der Waals surface area (Å²) in [5, 5.41) is 3.27. The van der Waals surface area contributed by atoms with Crippen LogP contribution >= 0.6 is 12.4 Å². The highest BCUT2D eigenvalue weighted by molar-refractivity contribution is 5.85. The van der Waals surface area contributed by atoms with Crippen molar-refractivity contribution >= 4 is 12.4 Å². The van der Waals surface area contributed by atoms with E-state index in [1.165, 1.54) is 5.82 Å². The Morgan fingerprint density at radius 2 is 2.45 bits per heavy atom. The van der Waals surface area contributed by atoms with Crippen molar-refractivity contribution in [3.63, 3.8) is 0 Å². The number of rotatable bonds is 0. The Kier molecular flexibility index (Phi) is 2.52. The van der Waals surface area contributed by atoms with E-state index in [-0.39, 0.29) is 12.4 Å². The molecule has 2 rings (SSSR count). The van der Waals surface area contributed by atoms with Crippen LogP contribution in [0.5, 0.6) is 0 Å². The second-order valence-electron chi connectivity index (χ2n) is 2.67. The molecule has 0 aliphatic carbocycles. The number of hydrogen-bond donors (Lipinski definition) is 1. The molecule has 3 nitrogen and oxygen atoms in total. The highest BCUT2D eigenvalue weighted by Gasteiger charge is 2.08. The summed E-state index contributed by atoms with van der Waals surface area (Å²) in [5.74, 6) is 1.17. The van der Waals surface area contributed by atoms with Crippen molar-refractivity contribution in [2.24, 2.45) is 0 Å². The van der Waals surface area contributed by atoms with Crippen LogP contribution in [0.15, 0.2) is 6.20 Å². The fourth-order valence-corrected chi connectivity index (χ4v) is 1.33. The van der Waals surface area contributed by atoms with Crippen molar-refractivity contribution in [2.75, 3.05) is 6.54 Å². The van der Waals surface area contributed by atoms with Gasteiger partial charge >= 0.3 is 0 Å². The standard InChI is InChI=1S/C7H11N3.ClH/c1-6-5-10-3-2-8-4-7(10)9-6;/h5,8H,2-4H2,1H3;1H. The highest BCUT2D eigenvalue weighted by Crippen LogP contribution is 2.04. The summed E-state index contributed by atoms with van der Waals surface area (Å²) in [6, 6.07) is 0. The molecule has 0 radical (unpaired) electrons. The number of imidazole rings is 1. The molecule has 1 aliphatic heterocycles. The number of aryl methyl sites for hydroxylation is 1. The highest BCUT2D eigenvalue weighted by atomic mass is 35.5. The van der Waals surface area contributed by atoms with E-state index < -0.39 is 0 Å². The van der Waals surface area contributed by atoms with E-state index in [4.69, 9.17) is 0 Å². The molecule has 1 aliphatic rings. The van der Waals surface area contributed by atoms with Gasteiger partial charge in [0.15, 0.2) is 0 Å². The first-order chi connectivity index (χ1) is 4.86. The third-order valence-corrected chi connectivity index (χ3v) is 1.79. The van der Waals surface area contributed by atoms with Gasteiger partial charge in [-0.3, -0.25) is 0 Å². The Bertz CT molecular complexity index is 220. The van der Waals surface area contributed by atoms with Crippen molar-refractivity contribution in [3.8, 4) is 0 Å². The topological polar surface area (TPSA) is 29.9 Å². The lowest BCUT2D eigenvalue weighted by molar-refractivity contribution is 0.505. The normalized spacial score (nSPS) is 15.4. The first-order valence-corrected chi connectivity index (χ1v) is 3.59. The van der Waals surface area contributed by atoms with Crippen LogP contribution in [-0.4, -0.2) is 16.1 Å². The molecule has 0 aromatic carbocycles. The van der Waals surface area contributed by atoms with Gasteiger partial charge in [-0.15, -0.1) is 12.4 Å². The Hall–Kier alpha value is -0.540. The van der Waals surface area contributed by atoms with Crippen LogP contribution in [0.4, 0.5) is 0 Å². The zero-order valence-corrected chi connectivity index (χ0v) is 7.32. The van der Waals surface area contributed by atoms with Gasteiger partial charge in [0.1, 0.15) is 5.82 Å². The first kappa shape index (κ1) is 8.56. The maximum atomic E-state index is 4.35. The zero-order valence-electron chi connectivity index (χ0n) is 6.50. The summed E-state index contributed by atoms with van der Waals surface area (Å²) >= 11 is 0. The minimum Gasteiger partial charge on any atom is -0.332 e. The Morgan fingerprint density at radius 3 is 3.18 bits per heavy atom. The largest absolute Gasteiger partial charge is 0.332 e. The lowest BCUT2D eigenvalue weighted by atomic mass is 10.4. The molecule has 0 spiro atoms. The fourth-order valence-electron chi connectivity index (χ4n) is 1.33. The molecular weight excluding hydrogens is 162 g/mol. The molecule has 0 saturated carbocycles. The molecule has 0 unspecified atom stereocenters. The van der Waals surface area contributed by atoms with E-state index in [0.29, 0.717) is 0 Å². The van der Waals surface area contributed by atoms with Gasteiger partial charge in [0.05, 0.1) is 12.2 Å². The molecule has 1 N–H and O–H groups in total. The Balaban J connectivity index is 0.000000605. The first-order valence-electron chi connectivity index (χ1n) is 3.59. The molecule has 0 saturated heterocycles. The van der Waals surface area contributed by atoms with Crippen molar-refractivity contribution < 1.29 is 0 Å². The number of nitrogens with zero attached hydrogens (tertiary/aromatic N) is 2. The molecule has 4 heteroatoms. The summed E-state index contributed by atoms with van der Waals surface area (Å²) in [6.45, 7) is 5.10. The average molecular weight is 174 g/mol.